The zero-order valence-corrected chi connectivity index (χ0v) is 26.0. The van der Waals surface area contributed by atoms with Gasteiger partial charge in [-0.1, -0.05) is 46.9 Å². The Balaban J connectivity index is 1.46. The van der Waals surface area contributed by atoms with Crippen LogP contribution in [0, 0.1) is 0 Å². The van der Waals surface area contributed by atoms with Crippen LogP contribution in [0.4, 0.5) is 5.69 Å². The molecule has 0 saturated carbocycles. The van der Waals surface area contributed by atoms with Gasteiger partial charge in [-0.3, -0.25) is 9.10 Å². The minimum atomic E-state index is -4.15. The molecule has 0 spiro atoms. The predicted octanol–water partition coefficient (Wildman–Crippen LogP) is 6.59. The molecule has 0 aliphatic heterocycles. The SMILES string of the molecule is COc1ccc(S(=O)(=O)N(CC(=O)N/N=C\c2ccc(OCc3ccc(Cl)cc3Cl)c(OC)c2)c2cccc(Cl)c2)cc1. The van der Waals surface area contributed by atoms with E-state index in [9.17, 15) is 13.2 Å². The number of anilines is 1. The lowest BCUT2D eigenvalue weighted by molar-refractivity contribution is -0.119. The first-order valence-electron chi connectivity index (χ1n) is 12.6. The molecule has 0 fully saturated rings. The van der Waals surface area contributed by atoms with Crippen molar-refractivity contribution in [2.24, 2.45) is 5.10 Å². The number of nitrogens with one attached hydrogen (secondary N) is 1. The van der Waals surface area contributed by atoms with Gasteiger partial charge < -0.3 is 14.2 Å². The molecule has 13 heteroatoms. The van der Waals surface area contributed by atoms with E-state index in [0.717, 1.165) is 9.87 Å². The van der Waals surface area contributed by atoms with Crippen LogP contribution in [0.3, 0.4) is 0 Å². The molecule has 0 heterocycles. The maximum atomic E-state index is 13.5. The van der Waals surface area contributed by atoms with Gasteiger partial charge in [0.25, 0.3) is 15.9 Å². The Morgan fingerprint density at radius 1 is 0.884 bits per heavy atom. The Hall–Kier alpha value is -3.96. The smallest absolute Gasteiger partial charge is 0.264 e. The minimum Gasteiger partial charge on any atom is -0.497 e. The number of ether oxygens (including phenoxy) is 3. The van der Waals surface area contributed by atoms with Crippen molar-refractivity contribution < 1.29 is 27.4 Å². The summed E-state index contributed by atoms with van der Waals surface area (Å²) >= 11 is 18.3. The highest BCUT2D eigenvalue weighted by molar-refractivity contribution is 7.92. The molecule has 4 rings (SSSR count). The molecule has 9 nitrogen and oxygen atoms in total. The molecule has 0 saturated heterocycles. The van der Waals surface area contributed by atoms with Crippen LogP contribution in [-0.2, 0) is 21.4 Å². The number of benzene rings is 4. The van der Waals surface area contributed by atoms with E-state index < -0.39 is 22.5 Å². The number of hydrogen-bond donors (Lipinski definition) is 1. The summed E-state index contributed by atoms with van der Waals surface area (Å²) in [5.74, 6) is 0.705. The number of sulfonamides is 1. The highest BCUT2D eigenvalue weighted by atomic mass is 35.5. The standard InChI is InChI=1S/C30H26Cl3N3O6S/c1-40-25-9-11-26(12-10-25)43(38,39)36(24-5-3-4-22(31)15-24)18-30(37)35-34-17-20-6-13-28(29(14-20)41-2)42-19-21-7-8-23(32)16-27(21)33/h3-17H,18-19H2,1-2H3,(H,35,37)/b34-17-. The average Bonchev–Trinajstić information content (AvgIpc) is 2.99. The first-order chi connectivity index (χ1) is 20.6. The number of amides is 1. The third-order valence-electron chi connectivity index (χ3n) is 6.02. The summed E-state index contributed by atoms with van der Waals surface area (Å²) < 4.78 is 44.4. The van der Waals surface area contributed by atoms with Crippen molar-refractivity contribution in [3.63, 3.8) is 0 Å². The molecule has 0 aromatic heterocycles. The summed E-state index contributed by atoms with van der Waals surface area (Å²) in [6.45, 7) is -0.367. The first-order valence-corrected chi connectivity index (χ1v) is 15.2. The normalized spacial score (nSPS) is 11.3. The lowest BCUT2D eigenvalue weighted by Crippen LogP contribution is -2.39. The minimum absolute atomic E-state index is 0.0303. The van der Waals surface area contributed by atoms with Crippen LogP contribution in [0.1, 0.15) is 11.1 Å². The fourth-order valence-electron chi connectivity index (χ4n) is 3.84. The Bertz CT molecular complexity index is 1730. The molecule has 0 aliphatic rings. The van der Waals surface area contributed by atoms with Gasteiger partial charge in [-0.2, -0.15) is 5.10 Å². The Morgan fingerprint density at radius 2 is 1.63 bits per heavy atom. The van der Waals surface area contributed by atoms with Crippen LogP contribution in [0.2, 0.25) is 15.1 Å². The van der Waals surface area contributed by atoms with Gasteiger partial charge in [0, 0.05) is 20.6 Å². The maximum Gasteiger partial charge on any atom is 0.264 e. The van der Waals surface area contributed by atoms with Crippen molar-refractivity contribution in [2.45, 2.75) is 11.5 Å². The zero-order valence-electron chi connectivity index (χ0n) is 23.0. The van der Waals surface area contributed by atoms with Crippen LogP contribution < -0.4 is 23.9 Å². The summed E-state index contributed by atoms with van der Waals surface area (Å²) in [4.78, 5) is 12.8. The van der Waals surface area contributed by atoms with Crippen LogP contribution in [0.25, 0.3) is 0 Å². The molecule has 0 atom stereocenters. The second kappa shape index (κ2) is 14.5. The topological polar surface area (TPSA) is 107 Å². The molecule has 1 amide bonds. The number of methoxy groups -OCH3 is 2. The zero-order chi connectivity index (χ0) is 31.0. The van der Waals surface area contributed by atoms with Crippen LogP contribution in [-0.4, -0.2) is 41.3 Å². The Morgan fingerprint density at radius 3 is 2.30 bits per heavy atom. The molecular weight excluding hydrogens is 637 g/mol. The van der Waals surface area contributed by atoms with Gasteiger partial charge in [-0.25, -0.2) is 13.8 Å². The molecule has 4 aromatic carbocycles. The Labute approximate surface area is 264 Å². The van der Waals surface area contributed by atoms with Crippen molar-refractivity contribution in [1.29, 1.82) is 0 Å². The van der Waals surface area contributed by atoms with Gasteiger partial charge in [0.2, 0.25) is 0 Å². The fourth-order valence-corrected chi connectivity index (χ4v) is 5.90. The van der Waals surface area contributed by atoms with Crippen LogP contribution >= 0.6 is 34.8 Å². The number of rotatable bonds is 12. The van der Waals surface area contributed by atoms with E-state index in [4.69, 9.17) is 49.0 Å². The van der Waals surface area contributed by atoms with E-state index in [0.29, 0.717) is 37.9 Å². The van der Waals surface area contributed by atoms with E-state index in [2.05, 4.69) is 10.5 Å². The van der Waals surface area contributed by atoms with E-state index >= 15 is 0 Å². The molecule has 0 radical (unpaired) electrons. The molecule has 4 aromatic rings. The van der Waals surface area contributed by atoms with Gasteiger partial charge in [-0.05, 0) is 78.4 Å². The quantitative estimate of drug-likeness (QED) is 0.136. The summed E-state index contributed by atoms with van der Waals surface area (Å²) in [5, 5.41) is 5.30. The number of hydrogen-bond acceptors (Lipinski definition) is 7. The molecule has 0 unspecified atom stereocenters. The van der Waals surface area contributed by atoms with Crippen molar-refractivity contribution in [2.75, 3.05) is 25.1 Å². The summed E-state index contributed by atoms with van der Waals surface area (Å²) in [6.07, 6.45) is 1.39. The van der Waals surface area contributed by atoms with E-state index in [1.165, 1.54) is 50.8 Å². The highest BCUT2D eigenvalue weighted by Gasteiger charge is 2.27. The van der Waals surface area contributed by atoms with Gasteiger partial charge >= 0.3 is 0 Å². The Kier molecular flexibility index (Phi) is 10.8. The number of hydrazone groups is 1. The van der Waals surface area contributed by atoms with E-state index in [-0.39, 0.29) is 17.2 Å². The summed E-state index contributed by atoms with van der Waals surface area (Å²) in [5.41, 5.74) is 3.92. The van der Waals surface area contributed by atoms with E-state index in [1.807, 2.05) is 0 Å². The van der Waals surface area contributed by atoms with Crippen molar-refractivity contribution in [3.05, 3.63) is 111 Å². The number of nitrogens with zero attached hydrogens (tertiary/aromatic N) is 2. The largest absolute Gasteiger partial charge is 0.497 e. The number of carbonyl (C=O) groups excluding carboxylic acids is 1. The number of carbonyl (C=O) groups is 1. The maximum absolute atomic E-state index is 13.5. The first kappa shape index (κ1) is 32.0. The van der Waals surface area contributed by atoms with Gasteiger partial charge in [0.1, 0.15) is 18.9 Å². The average molecular weight is 663 g/mol. The molecule has 1 N–H and O–H groups in total. The molecule has 0 bridgehead atoms. The monoisotopic (exact) mass is 661 g/mol. The summed E-state index contributed by atoms with van der Waals surface area (Å²) in [6, 6.07) is 22.2. The fraction of sp³-hybridized carbons (Fsp3) is 0.133. The van der Waals surface area contributed by atoms with E-state index in [1.54, 1.807) is 54.6 Å². The lowest BCUT2D eigenvalue weighted by atomic mass is 10.2. The molecular formula is C30H26Cl3N3O6S. The van der Waals surface area contributed by atoms with Crippen LogP contribution in [0.15, 0.2) is 94.9 Å². The third-order valence-corrected chi connectivity index (χ3v) is 8.63. The molecule has 43 heavy (non-hydrogen) atoms. The van der Waals surface area contributed by atoms with Gasteiger partial charge in [0.15, 0.2) is 11.5 Å². The van der Waals surface area contributed by atoms with Gasteiger partial charge in [-0.15, -0.1) is 0 Å². The predicted molar refractivity (Wildman–Crippen MR) is 169 cm³/mol. The van der Waals surface area contributed by atoms with Crippen molar-refractivity contribution >= 4 is 62.6 Å². The third kappa shape index (κ3) is 8.32. The highest BCUT2D eigenvalue weighted by Crippen LogP contribution is 2.30. The second-order valence-corrected chi connectivity index (χ2v) is 12.0. The summed E-state index contributed by atoms with van der Waals surface area (Å²) in [7, 11) is -1.18. The molecule has 0 aliphatic carbocycles. The van der Waals surface area contributed by atoms with Crippen molar-refractivity contribution in [1.82, 2.24) is 5.43 Å². The molecule has 224 valence electrons. The van der Waals surface area contributed by atoms with Crippen molar-refractivity contribution in [3.8, 4) is 17.2 Å². The van der Waals surface area contributed by atoms with Gasteiger partial charge in [0.05, 0.1) is 31.0 Å². The number of halogens is 3. The lowest BCUT2D eigenvalue weighted by Gasteiger charge is -2.24. The van der Waals surface area contributed by atoms with Crippen LogP contribution in [0.5, 0.6) is 17.2 Å². The second-order valence-electron chi connectivity index (χ2n) is 8.89.